The molecule has 1 aromatic rings. The average Bonchev–Trinajstić information content (AvgIpc) is 2.46. The van der Waals surface area contributed by atoms with Crippen LogP contribution in [0, 0.1) is 6.92 Å². The van der Waals surface area contributed by atoms with Crippen molar-refractivity contribution in [1.82, 2.24) is 9.78 Å². The molecule has 5 nitrogen and oxygen atoms in total. The third kappa shape index (κ3) is 3.36. The molecule has 1 rings (SSSR count). The molecular formula is C12H24N4O. The van der Waals surface area contributed by atoms with E-state index < -0.39 is 0 Å². The van der Waals surface area contributed by atoms with Crippen LogP contribution in [0.5, 0.6) is 0 Å². The van der Waals surface area contributed by atoms with Gasteiger partial charge < -0.3 is 16.2 Å². The van der Waals surface area contributed by atoms with E-state index in [9.17, 15) is 0 Å². The van der Waals surface area contributed by atoms with Crippen molar-refractivity contribution >= 4 is 11.5 Å². The van der Waals surface area contributed by atoms with Crippen LogP contribution >= 0.6 is 0 Å². The van der Waals surface area contributed by atoms with Gasteiger partial charge in [-0.2, -0.15) is 5.10 Å². The van der Waals surface area contributed by atoms with Gasteiger partial charge in [0.2, 0.25) is 0 Å². The highest BCUT2D eigenvalue weighted by molar-refractivity contribution is 5.65. The number of aliphatic hydroxyl groups is 1. The molecule has 0 unspecified atom stereocenters. The maximum Gasteiger partial charge on any atom is 0.148 e. The first-order valence-corrected chi connectivity index (χ1v) is 6.13. The van der Waals surface area contributed by atoms with Gasteiger partial charge in [0.25, 0.3) is 0 Å². The van der Waals surface area contributed by atoms with Crippen molar-refractivity contribution in [2.75, 3.05) is 17.7 Å². The van der Waals surface area contributed by atoms with Gasteiger partial charge >= 0.3 is 0 Å². The number of aryl methyl sites for hydroxylation is 2. The quantitative estimate of drug-likeness (QED) is 0.708. The number of hydrogen-bond acceptors (Lipinski definition) is 4. The van der Waals surface area contributed by atoms with Crippen molar-refractivity contribution < 1.29 is 5.11 Å². The molecule has 0 saturated heterocycles. The lowest BCUT2D eigenvalue weighted by atomic mass is 10.0. The summed E-state index contributed by atoms with van der Waals surface area (Å²) in [7, 11) is 0. The zero-order valence-corrected chi connectivity index (χ0v) is 11.2. The van der Waals surface area contributed by atoms with E-state index in [4.69, 9.17) is 10.8 Å². The van der Waals surface area contributed by atoms with Gasteiger partial charge in [-0.1, -0.05) is 6.92 Å². The molecule has 5 heteroatoms. The van der Waals surface area contributed by atoms with Gasteiger partial charge in [-0.3, -0.25) is 0 Å². The summed E-state index contributed by atoms with van der Waals surface area (Å²) in [5.41, 5.74) is 7.38. The van der Waals surface area contributed by atoms with Crippen LogP contribution in [0.2, 0.25) is 0 Å². The Morgan fingerprint density at radius 1 is 1.47 bits per heavy atom. The number of nitrogens with one attached hydrogen (secondary N) is 1. The van der Waals surface area contributed by atoms with E-state index in [1.54, 1.807) is 0 Å². The summed E-state index contributed by atoms with van der Waals surface area (Å²) in [5.74, 6) is 0.864. The Hall–Kier alpha value is -1.23. The van der Waals surface area contributed by atoms with Gasteiger partial charge in [0.1, 0.15) is 5.82 Å². The maximum atomic E-state index is 9.03. The lowest BCUT2D eigenvalue weighted by molar-refractivity contribution is 0.260. The van der Waals surface area contributed by atoms with Crippen molar-refractivity contribution in [3.63, 3.8) is 0 Å². The predicted octanol–water partition coefficient (Wildman–Crippen LogP) is 1.76. The first-order chi connectivity index (χ1) is 7.91. The second-order valence-electron chi connectivity index (χ2n) is 5.05. The minimum absolute atomic E-state index is 0.154. The second-order valence-corrected chi connectivity index (χ2v) is 5.05. The van der Waals surface area contributed by atoms with Crippen LogP contribution in [-0.2, 0) is 6.54 Å². The highest BCUT2D eigenvalue weighted by Crippen LogP contribution is 2.26. The zero-order chi connectivity index (χ0) is 13.1. The minimum atomic E-state index is -0.194. The molecule has 98 valence electrons. The monoisotopic (exact) mass is 240 g/mol. The number of aliphatic hydroxyl groups excluding tert-OH is 1. The van der Waals surface area contributed by atoms with Crippen molar-refractivity contribution in [1.29, 1.82) is 0 Å². The SMILES string of the molecule is CCCn1nc(C)c(N)c1NC(C)(C)CCO. The van der Waals surface area contributed by atoms with Crippen LogP contribution in [0.4, 0.5) is 11.5 Å². The van der Waals surface area contributed by atoms with Gasteiger partial charge in [-0.05, 0) is 33.6 Å². The average molecular weight is 240 g/mol. The Kier molecular flexibility index (Phi) is 4.40. The zero-order valence-electron chi connectivity index (χ0n) is 11.2. The summed E-state index contributed by atoms with van der Waals surface area (Å²) in [6, 6.07) is 0. The first-order valence-electron chi connectivity index (χ1n) is 6.13. The molecule has 0 aliphatic heterocycles. The lowest BCUT2D eigenvalue weighted by Crippen LogP contribution is -2.33. The molecule has 0 fully saturated rings. The number of rotatable bonds is 6. The minimum Gasteiger partial charge on any atom is -0.396 e. The fraction of sp³-hybridized carbons (Fsp3) is 0.750. The maximum absolute atomic E-state index is 9.03. The van der Waals surface area contributed by atoms with Crippen LogP contribution in [0.25, 0.3) is 0 Å². The molecular weight excluding hydrogens is 216 g/mol. The van der Waals surface area contributed by atoms with E-state index in [2.05, 4.69) is 17.3 Å². The van der Waals surface area contributed by atoms with Crippen LogP contribution in [0.3, 0.4) is 0 Å². The van der Waals surface area contributed by atoms with E-state index in [1.165, 1.54) is 0 Å². The summed E-state index contributed by atoms with van der Waals surface area (Å²) in [4.78, 5) is 0. The summed E-state index contributed by atoms with van der Waals surface area (Å²) < 4.78 is 1.91. The number of hydrogen-bond donors (Lipinski definition) is 3. The second kappa shape index (κ2) is 5.40. The van der Waals surface area contributed by atoms with Gasteiger partial charge in [0.15, 0.2) is 0 Å². The third-order valence-corrected chi connectivity index (χ3v) is 2.80. The van der Waals surface area contributed by atoms with Crippen LogP contribution in [0.1, 0.15) is 39.3 Å². The van der Waals surface area contributed by atoms with E-state index in [1.807, 2.05) is 25.5 Å². The molecule has 0 spiro atoms. The van der Waals surface area contributed by atoms with E-state index >= 15 is 0 Å². The fourth-order valence-corrected chi connectivity index (χ4v) is 1.76. The Morgan fingerprint density at radius 2 is 2.12 bits per heavy atom. The normalized spacial score (nSPS) is 11.8. The number of nitrogens with zero attached hydrogens (tertiary/aromatic N) is 2. The number of anilines is 2. The predicted molar refractivity (Wildman–Crippen MR) is 71.1 cm³/mol. The van der Waals surface area contributed by atoms with Gasteiger partial charge in [-0.15, -0.1) is 0 Å². The van der Waals surface area contributed by atoms with Crippen molar-refractivity contribution in [3.8, 4) is 0 Å². The third-order valence-electron chi connectivity index (χ3n) is 2.80. The Bertz CT molecular complexity index is 371. The Labute approximate surface area is 103 Å². The smallest absolute Gasteiger partial charge is 0.148 e. The molecule has 0 atom stereocenters. The van der Waals surface area contributed by atoms with Crippen LogP contribution in [0.15, 0.2) is 0 Å². The molecule has 0 aromatic carbocycles. The molecule has 17 heavy (non-hydrogen) atoms. The van der Waals surface area contributed by atoms with Crippen LogP contribution < -0.4 is 11.1 Å². The van der Waals surface area contributed by atoms with Crippen LogP contribution in [-0.4, -0.2) is 27.0 Å². The molecule has 1 heterocycles. The number of aromatic nitrogens is 2. The van der Waals surface area contributed by atoms with Gasteiger partial charge in [0.05, 0.1) is 11.4 Å². The molecule has 0 aliphatic rings. The molecule has 4 N–H and O–H groups in total. The summed E-state index contributed by atoms with van der Waals surface area (Å²) in [6.45, 7) is 9.10. The molecule has 0 aliphatic carbocycles. The summed E-state index contributed by atoms with van der Waals surface area (Å²) in [5, 5.41) is 16.8. The fourth-order valence-electron chi connectivity index (χ4n) is 1.76. The largest absolute Gasteiger partial charge is 0.396 e. The van der Waals surface area contributed by atoms with E-state index in [-0.39, 0.29) is 12.1 Å². The van der Waals surface area contributed by atoms with E-state index in [0.717, 1.165) is 24.5 Å². The molecule has 1 aromatic heterocycles. The topological polar surface area (TPSA) is 76.1 Å². The lowest BCUT2D eigenvalue weighted by Gasteiger charge is -2.27. The summed E-state index contributed by atoms with van der Waals surface area (Å²) in [6.07, 6.45) is 1.68. The highest BCUT2D eigenvalue weighted by Gasteiger charge is 2.21. The summed E-state index contributed by atoms with van der Waals surface area (Å²) >= 11 is 0. The Balaban J connectivity index is 2.95. The van der Waals surface area contributed by atoms with E-state index in [0.29, 0.717) is 12.1 Å². The van der Waals surface area contributed by atoms with Crippen molar-refractivity contribution in [2.45, 2.75) is 52.6 Å². The van der Waals surface area contributed by atoms with Crippen molar-refractivity contribution in [3.05, 3.63) is 5.69 Å². The van der Waals surface area contributed by atoms with Gasteiger partial charge in [0, 0.05) is 18.7 Å². The molecule has 0 saturated carbocycles. The standard InChI is InChI=1S/C12H24N4O/c1-5-7-16-11(10(13)9(2)15-16)14-12(3,4)6-8-17/h14,17H,5-8,13H2,1-4H3. The number of nitrogen functional groups attached to an aromatic ring is 1. The Morgan fingerprint density at radius 3 is 2.65 bits per heavy atom. The molecule has 0 bridgehead atoms. The highest BCUT2D eigenvalue weighted by atomic mass is 16.3. The number of nitrogens with two attached hydrogens (primary N) is 1. The molecule has 0 amide bonds. The first kappa shape index (κ1) is 13.8. The molecule has 0 radical (unpaired) electrons. The van der Waals surface area contributed by atoms with Crippen molar-refractivity contribution in [2.24, 2.45) is 0 Å². The van der Waals surface area contributed by atoms with Gasteiger partial charge in [-0.25, -0.2) is 4.68 Å².